The molecular weight excluding hydrogens is 388 g/mol. The van der Waals surface area contributed by atoms with Crippen molar-refractivity contribution >= 4 is 11.4 Å². The van der Waals surface area contributed by atoms with E-state index in [1.165, 1.54) is 18.2 Å². The SMILES string of the molecule is Cc1nn2c(C(C)C)c(C(=O)NCC3(O)CCC3)ccc2c1-c1c(F)cccc1F. The van der Waals surface area contributed by atoms with Gasteiger partial charge in [0, 0.05) is 12.1 Å². The predicted molar refractivity (Wildman–Crippen MR) is 111 cm³/mol. The second-order valence-corrected chi connectivity index (χ2v) is 8.40. The number of pyridine rings is 1. The lowest BCUT2D eigenvalue weighted by atomic mass is 9.80. The Morgan fingerprint density at radius 2 is 1.87 bits per heavy atom. The van der Waals surface area contributed by atoms with Crippen molar-refractivity contribution < 1.29 is 18.7 Å². The van der Waals surface area contributed by atoms with Gasteiger partial charge in [-0.1, -0.05) is 19.9 Å². The highest BCUT2D eigenvalue weighted by Gasteiger charge is 2.35. The first kappa shape index (κ1) is 20.5. The highest BCUT2D eigenvalue weighted by atomic mass is 19.1. The number of carbonyl (C=O) groups is 1. The quantitative estimate of drug-likeness (QED) is 0.653. The van der Waals surface area contributed by atoms with Crippen LogP contribution in [-0.4, -0.2) is 32.8 Å². The van der Waals surface area contributed by atoms with Crippen LogP contribution < -0.4 is 5.32 Å². The standard InChI is InChI=1S/C23H25F2N3O2/c1-13(2)21-15(22(29)26-12-23(30)10-5-11-23)8-9-18-19(14(3)27-28(18)21)20-16(24)6-4-7-17(20)25/h4,6-9,13,30H,5,10-12H2,1-3H3,(H,26,29). The average molecular weight is 413 g/mol. The van der Waals surface area contributed by atoms with Crippen molar-refractivity contribution in [1.29, 1.82) is 0 Å². The topological polar surface area (TPSA) is 66.6 Å². The molecule has 2 N–H and O–H groups in total. The number of aryl methyl sites for hydroxylation is 1. The molecule has 0 unspecified atom stereocenters. The molecule has 1 fully saturated rings. The molecule has 3 aromatic rings. The monoisotopic (exact) mass is 413 g/mol. The first-order valence-electron chi connectivity index (χ1n) is 10.2. The van der Waals surface area contributed by atoms with E-state index in [-0.39, 0.29) is 23.9 Å². The molecule has 0 aliphatic heterocycles. The molecule has 1 aliphatic carbocycles. The molecular formula is C23H25F2N3O2. The summed E-state index contributed by atoms with van der Waals surface area (Å²) < 4.78 is 30.6. The molecule has 0 radical (unpaired) electrons. The molecule has 0 bridgehead atoms. The normalized spacial score (nSPS) is 15.4. The largest absolute Gasteiger partial charge is 0.388 e. The number of halogens is 2. The second-order valence-electron chi connectivity index (χ2n) is 8.40. The Balaban J connectivity index is 1.82. The first-order valence-corrected chi connectivity index (χ1v) is 10.2. The molecule has 1 aromatic carbocycles. The fourth-order valence-corrected chi connectivity index (χ4v) is 4.14. The van der Waals surface area contributed by atoms with Crippen LogP contribution in [0.25, 0.3) is 16.6 Å². The molecule has 2 aromatic heterocycles. The van der Waals surface area contributed by atoms with Gasteiger partial charge >= 0.3 is 0 Å². The Hall–Kier alpha value is -2.80. The van der Waals surface area contributed by atoms with Crippen LogP contribution >= 0.6 is 0 Å². The highest BCUT2D eigenvalue weighted by molar-refractivity contribution is 5.97. The summed E-state index contributed by atoms with van der Waals surface area (Å²) in [4.78, 5) is 12.9. The van der Waals surface area contributed by atoms with Crippen molar-refractivity contribution in [2.24, 2.45) is 0 Å². The summed E-state index contributed by atoms with van der Waals surface area (Å²) in [6.07, 6.45) is 2.32. The first-order chi connectivity index (χ1) is 14.2. The third-order valence-electron chi connectivity index (χ3n) is 5.87. The molecule has 5 nitrogen and oxygen atoms in total. The maximum absolute atomic E-state index is 14.5. The molecule has 1 aliphatic rings. The van der Waals surface area contributed by atoms with Crippen LogP contribution in [0.4, 0.5) is 8.78 Å². The minimum absolute atomic E-state index is 0.0705. The van der Waals surface area contributed by atoms with Gasteiger partial charge in [0.2, 0.25) is 0 Å². The molecule has 0 spiro atoms. The number of carbonyl (C=O) groups excluding carboxylic acids is 1. The number of amides is 1. The smallest absolute Gasteiger partial charge is 0.253 e. The molecule has 7 heteroatoms. The van der Waals surface area contributed by atoms with Gasteiger partial charge in [0.15, 0.2) is 0 Å². The molecule has 4 rings (SSSR count). The summed E-state index contributed by atoms with van der Waals surface area (Å²) in [6.45, 7) is 5.77. The van der Waals surface area contributed by atoms with Crippen LogP contribution in [0.5, 0.6) is 0 Å². The zero-order valence-corrected chi connectivity index (χ0v) is 17.3. The zero-order valence-electron chi connectivity index (χ0n) is 17.3. The summed E-state index contributed by atoms with van der Waals surface area (Å²) in [5.74, 6) is -1.68. The number of fused-ring (bicyclic) bond motifs is 1. The van der Waals surface area contributed by atoms with Gasteiger partial charge in [-0.25, -0.2) is 13.3 Å². The number of nitrogens with one attached hydrogen (secondary N) is 1. The third-order valence-corrected chi connectivity index (χ3v) is 5.87. The van der Waals surface area contributed by atoms with Crippen molar-refractivity contribution in [3.05, 3.63) is 58.9 Å². The van der Waals surface area contributed by atoms with E-state index in [4.69, 9.17) is 0 Å². The fraction of sp³-hybridized carbons (Fsp3) is 0.391. The molecule has 1 saturated carbocycles. The van der Waals surface area contributed by atoms with Crippen molar-refractivity contribution in [2.75, 3.05) is 6.54 Å². The van der Waals surface area contributed by atoms with Crippen LogP contribution in [0.15, 0.2) is 30.3 Å². The van der Waals surface area contributed by atoms with E-state index in [0.717, 1.165) is 6.42 Å². The molecule has 30 heavy (non-hydrogen) atoms. The van der Waals surface area contributed by atoms with E-state index < -0.39 is 17.2 Å². The van der Waals surface area contributed by atoms with Crippen molar-refractivity contribution in [3.8, 4) is 11.1 Å². The number of aliphatic hydroxyl groups is 1. The third kappa shape index (κ3) is 3.37. The maximum Gasteiger partial charge on any atom is 0.253 e. The number of nitrogens with zero attached hydrogens (tertiary/aromatic N) is 2. The van der Waals surface area contributed by atoms with Gasteiger partial charge in [0.1, 0.15) is 11.6 Å². The van der Waals surface area contributed by atoms with E-state index in [9.17, 15) is 18.7 Å². The highest BCUT2D eigenvalue weighted by Crippen LogP contribution is 2.35. The summed E-state index contributed by atoms with van der Waals surface area (Å²) in [6, 6.07) is 7.09. The molecule has 158 valence electrons. The average Bonchev–Trinajstić information content (AvgIpc) is 2.99. The number of hydrogen-bond acceptors (Lipinski definition) is 3. The second kappa shape index (κ2) is 7.47. The van der Waals surface area contributed by atoms with Crippen molar-refractivity contribution in [2.45, 2.75) is 51.6 Å². The van der Waals surface area contributed by atoms with Crippen LogP contribution in [-0.2, 0) is 0 Å². The maximum atomic E-state index is 14.5. The Bertz CT molecular complexity index is 1110. The zero-order chi connectivity index (χ0) is 21.6. The van der Waals surface area contributed by atoms with Gasteiger partial charge in [-0.05, 0) is 56.4 Å². The predicted octanol–water partition coefficient (Wildman–Crippen LogP) is 4.36. The lowest BCUT2D eigenvalue weighted by Gasteiger charge is -2.36. The lowest BCUT2D eigenvalue weighted by molar-refractivity contribution is -0.0300. The minimum atomic E-state index is -0.824. The molecule has 1 amide bonds. The van der Waals surface area contributed by atoms with E-state index in [1.807, 2.05) is 13.8 Å². The summed E-state index contributed by atoms with van der Waals surface area (Å²) in [5, 5.41) is 17.6. The van der Waals surface area contributed by atoms with Gasteiger partial charge in [-0.3, -0.25) is 4.79 Å². The minimum Gasteiger partial charge on any atom is -0.388 e. The molecule has 0 atom stereocenters. The summed E-state index contributed by atoms with van der Waals surface area (Å²) in [7, 11) is 0. The number of hydrogen-bond donors (Lipinski definition) is 2. The summed E-state index contributed by atoms with van der Waals surface area (Å²) in [5.41, 5.74) is 1.53. The Kier molecular flexibility index (Phi) is 5.10. The number of rotatable bonds is 5. The number of aromatic nitrogens is 2. The van der Waals surface area contributed by atoms with E-state index in [0.29, 0.717) is 40.9 Å². The van der Waals surface area contributed by atoms with E-state index in [1.54, 1.807) is 23.6 Å². The van der Waals surface area contributed by atoms with Gasteiger partial charge in [0.25, 0.3) is 5.91 Å². The fourth-order valence-electron chi connectivity index (χ4n) is 4.14. The van der Waals surface area contributed by atoms with Gasteiger partial charge in [-0.15, -0.1) is 0 Å². The Morgan fingerprint density at radius 1 is 1.20 bits per heavy atom. The van der Waals surface area contributed by atoms with Crippen LogP contribution in [0.2, 0.25) is 0 Å². The summed E-state index contributed by atoms with van der Waals surface area (Å²) >= 11 is 0. The van der Waals surface area contributed by atoms with E-state index in [2.05, 4.69) is 10.4 Å². The van der Waals surface area contributed by atoms with Crippen molar-refractivity contribution in [3.63, 3.8) is 0 Å². The Labute approximate surface area is 173 Å². The molecule has 2 heterocycles. The van der Waals surface area contributed by atoms with Crippen LogP contribution in [0, 0.1) is 18.6 Å². The molecule has 0 saturated heterocycles. The Morgan fingerprint density at radius 3 is 2.43 bits per heavy atom. The van der Waals surface area contributed by atoms with Crippen LogP contribution in [0.3, 0.4) is 0 Å². The lowest BCUT2D eigenvalue weighted by Crippen LogP contribution is -2.48. The van der Waals surface area contributed by atoms with Gasteiger partial charge in [0.05, 0.1) is 33.6 Å². The van der Waals surface area contributed by atoms with Gasteiger partial charge in [-0.2, -0.15) is 5.10 Å². The number of benzene rings is 1. The van der Waals surface area contributed by atoms with E-state index >= 15 is 0 Å². The van der Waals surface area contributed by atoms with Gasteiger partial charge < -0.3 is 10.4 Å². The van der Waals surface area contributed by atoms with Crippen LogP contribution in [0.1, 0.15) is 60.8 Å². The van der Waals surface area contributed by atoms with Crippen molar-refractivity contribution in [1.82, 2.24) is 14.9 Å².